The molecule has 1 amide bonds. The Kier molecular flexibility index (Phi) is 9.76. The predicted molar refractivity (Wildman–Crippen MR) is 192 cm³/mol. The number of aromatic amines is 1. The number of pyridine rings is 1. The number of hydrogen-bond donors (Lipinski definition) is 1. The lowest BCUT2D eigenvalue weighted by molar-refractivity contribution is -0.129. The average molecular weight is 784 g/mol. The number of likely N-dealkylation sites (tertiary alicyclic amines) is 2. The molecule has 2 atom stereocenters. The number of nitrogens with zero attached hydrogens (tertiary/aromatic N) is 6. The summed E-state index contributed by atoms with van der Waals surface area (Å²) in [6.07, 6.45) is 5.59. The van der Waals surface area contributed by atoms with Gasteiger partial charge in [-0.25, -0.2) is 9.59 Å². The molecule has 3 aliphatic rings. The number of halogens is 2. The Labute approximate surface area is 296 Å². The van der Waals surface area contributed by atoms with E-state index in [1.54, 1.807) is 15.7 Å². The van der Waals surface area contributed by atoms with Gasteiger partial charge < -0.3 is 19.4 Å². The van der Waals surface area contributed by atoms with Crippen molar-refractivity contribution in [2.24, 2.45) is 0 Å². The van der Waals surface area contributed by atoms with Crippen molar-refractivity contribution in [3.8, 4) is 0 Å². The van der Waals surface area contributed by atoms with Crippen molar-refractivity contribution in [2.45, 2.75) is 56.5 Å². The van der Waals surface area contributed by atoms with Crippen molar-refractivity contribution < 1.29 is 14.3 Å². The monoisotopic (exact) mass is 781 g/mol. The second kappa shape index (κ2) is 14.0. The number of carbonyl (C=O) groups excluding carboxylic acids is 2. The predicted octanol–water partition coefficient (Wildman–Crippen LogP) is 5.37. The van der Waals surface area contributed by atoms with Gasteiger partial charge in [0.15, 0.2) is 0 Å². The van der Waals surface area contributed by atoms with Crippen LogP contribution in [0.5, 0.6) is 0 Å². The number of piperidine rings is 2. The van der Waals surface area contributed by atoms with E-state index < -0.39 is 11.8 Å². The molecule has 0 unspecified atom stereocenters. The summed E-state index contributed by atoms with van der Waals surface area (Å²) in [4.78, 5) is 57.1. The molecule has 1 N–H and O–H groups in total. The molecule has 48 heavy (non-hydrogen) atoms. The van der Waals surface area contributed by atoms with Gasteiger partial charge in [-0.3, -0.25) is 24.3 Å². The lowest BCUT2D eigenvalue weighted by Gasteiger charge is -2.56. The van der Waals surface area contributed by atoms with Crippen LogP contribution < -0.4 is 5.69 Å². The first kappa shape index (κ1) is 33.4. The maximum atomic E-state index is 14.1. The second-order valence-corrected chi connectivity index (χ2v) is 15.1. The fourth-order valence-electron chi connectivity index (χ4n) is 8.11. The number of aromatic nitrogens is 3. The lowest BCUT2D eigenvalue weighted by Crippen LogP contribution is -2.69. The summed E-state index contributed by atoms with van der Waals surface area (Å²) in [5.74, 6) is 0. The number of para-hydroxylation sites is 1. The van der Waals surface area contributed by atoms with Crippen molar-refractivity contribution >= 4 is 66.2 Å². The first-order chi connectivity index (χ1) is 23.3. The summed E-state index contributed by atoms with van der Waals surface area (Å²) < 4.78 is 9.55. The molecular weight excluding hydrogens is 742 g/mol. The van der Waals surface area contributed by atoms with Gasteiger partial charge >= 0.3 is 11.8 Å². The Morgan fingerprint density at radius 3 is 2.50 bits per heavy atom. The number of hydrogen-bond acceptors (Lipinski definition) is 8. The van der Waals surface area contributed by atoms with E-state index in [0.717, 1.165) is 81.8 Å². The molecule has 3 fully saturated rings. The SMILES string of the molecule is CN1CCC(N2CCN([C@]3(CC=O)C[C@H](n4c(=O)[nH]c5c6ccccc6ncc54)CCN3C(=O)OCc3ccc(Br)c(Br)c3)CC2)CC1. The number of fused-ring (bicyclic) bond motifs is 3. The van der Waals surface area contributed by atoms with E-state index >= 15 is 0 Å². The number of piperazine rings is 1. The van der Waals surface area contributed by atoms with E-state index in [-0.39, 0.29) is 24.8 Å². The molecule has 2 aromatic heterocycles. The number of carbonyl (C=O) groups is 2. The van der Waals surface area contributed by atoms with E-state index in [4.69, 9.17) is 4.74 Å². The highest BCUT2D eigenvalue weighted by atomic mass is 79.9. The maximum Gasteiger partial charge on any atom is 0.411 e. The molecule has 2 aromatic carbocycles. The van der Waals surface area contributed by atoms with E-state index in [1.807, 2.05) is 42.5 Å². The van der Waals surface area contributed by atoms with Gasteiger partial charge in [0.2, 0.25) is 0 Å². The van der Waals surface area contributed by atoms with Crippen molar-refractivity contribution in [1.82, 2.24) is 34.1 Å². The summed E-state index contributed by atoms with van der Waals surface area (Å²) in [7, 11) is 2.18. The maximum absolute atomic E-state index is 14.1. The van der Waals surface area contributed by atoms with E-state index in [0.29, 0.717) is 38.5 Å². The summed E-state index contributed by atoms with van der Waals surface area (Å²) >= 11 is 7.03. The number of rotatable bonds is 7. The Morgan fingerprint density at radius 1 is 1.00 bits per heavy atom. The van der Waals surface area contributed by atoms with Crippen molar-refractivity contribution in [3.63, 3.8) is 0 Å². The molecule has 11 nitrogen and oxygen atoms in total. The molecular formula is C35H41Br2N7O4. The highest BCUT2D eigenvalue weighted by molar-refractivity contribution is 9.13. The van der Waals surface area contributed by atoms with Crippen LogP contribution in [-0.2, 0) is 16.1 Å². The standard InChI is InChI=1S/C35H41Br2N7O4/c1-40-12-8-25(9-13-40)41-15-17-42(18-16-41)35(11-19-45)21-26(10-14-43(35)34(47)48-23-24-6-7-28(36)29(37)20-24)44-31-22-38-30-5-3-2-4-27(30)32(31)39-33(44)46/h2-7,19-20,22,25-26H,8-18,21,23H2,1H3,(H,39,46)/t26-,35+/m1/s1. The quantitative estimate of drug-likeness (QED) is 0.250. The molecule has 0 spiro atoms. The molecule has 0 saturated carbocycles. The Hall–Kier alpha value is -3.10. The van der Waals surface area contributed by atoms with E-state index in [2.05, 4.69) is 63.6 Å². The van der Waals surface area contributed by atoms with Gasteiger partial charge in [0.25, 0.3) is 0 Å². The van der Waals surface area contributed by atoms with Gasteiger partial charge in [-0.05, 0) is 95.0 Å². The third-order valence-corrected chi connectivity index (χ3v) is 12.5. The number of amides is 1. The largest absolute Gasteiger partial charge is 0.445 e. The number of ether oxygens (including phenoxy) is 1. The molecule has 13 heteroatoms. The molecule has 3 saturated heterocycles. The average Bonchev–Trinajstić information content (AvgIpc) is 3.45. The molecule has 0 bridgehead atoms. The van der Waals surface area contributed by atoms with Crippen LogP contribution in [0.25, 0.3) is 21.9 Å². The van der Waals surface area contributed by atoms with Gasteiger partial charge in [0.05, 0.1) is 22.7 Å². The lowest BCUT2D eigenvalue weighted by atomic mass is 9.86. The van der Waals surface area contributed by atoms with Crippen LogP contribution in [-0.4, -0.2) is 111 Å². The van der Waals surface area contributed by atoms with Crippen LogP contribution >= 0.6 is 31.9 Å². The Bertz CT molecular complexity index is 1860. The third-order valence-electron chi connectivity index (χ3n) is 10.7. The molecule has 7 rings (SSSR count). The molecule has 4 aromatic rings. The zero-order chi connectivity index (χ0) is 33.4. The minimum absolute atomic E-state index is 0.104. The highest BCUT2D eigenvalue weighted by Crippen LogP contribution is 2.41. The minimum Gasteiger partial charge on any atom is -0.445 e. The normalized spacial score (nSPS) is 23.6. The third kappa shape index (κ3) is 6.35. The fourth-order valence-corrected chi connectivity index (χ4v) is 8.79. The number of benzene rings is 2. The summed E-state index contributed by atoms with van der Waals surface area (Å²) in [5, 5.41) is 0.885. The smallest absolute Gasteiger partial charge is 0.411 e. The summed E-state index contributed by atoms with van der Waals surface area (Å²) in [5.41, 5.74) is 1.98. The Morgan fingerprint density at radius 2 is 1.75 bits per heavy atom. The van der Waals surface area contributed by atoms with Crippen LogP contribution in [0.15, 0.2) is 62.4 Å². The van der Waals surface area contributed by atoms with Crippen molar-refractivity contribution in [3.05, 3.63) is 73.7 Å². The van der Waals surface area contributed by atoms with Gasteiger partial charge in [-0.1, -0.05) is 24.3 Å². The van der Waals surface area contributed by atoms with Gasteiger partial charge in [0.1, 0.15) is 18.6 Å². The van der Waals surface area contributed by atoms with Gasteiger partial charge in [-0.2, -0.15) is 0 Å². The second-order valence-electron chi connectivity index (χ2n) is 13.3. The van der Waals surface area contributed by atoms with E-state index in [9.17, 15) is 14.4 Å². The van der Waals surface area contributed by atoms with Crippen LogP contribution in [0.4, 0.5) is 4.79 Å². The van der Waals surface area contributed by atoms with Crippen LogP contribution in [0, 0.1) is 0 Å². The van der Waals surface area contributed by atoms with E-state index in [1.165, 1.54) is 0 Å². The molecule has 0 radical (unpaired) electrons. The first-order valence-electron chi connectivity index (χ1n) is 16.7. The fraction of sp³-hybridized carbons (Fsp3) is 0.486. The highest BCUT2D eigenvalue weighted by Gasteiger charge is 2.51. The van der Waals surface area contributed by atoms with Gasteiger partial charge in [0, 0.05) is 72.0 Å². The van der Waals surface area contributed by atoms with Crippen LogP contribution in [0.2, 0.25) is 0 Å². The van der Waals surface area contributed by atoms with Crippen LogP contribution in [0.1, 0.15) is 43.7 Å². The number of imidazole rings is 1. The molecule has 0 aliphatic carbocycles. The molecule has 254 valence electrons. The Balaban J connectivity index is 1.20. The zero-order valence-corrected chi connectivity index (χ0v) is 30.3. The number of nitrogens with one attached hydrogen (secondary N) is 1. The summed E-state index contributed by atoms with van der Waals surface area (Å²) in [6.45, 7) is 5.79. The number of H-pyrrole nitrogens is 1. The summed E-state index contributed by atoms with van der Waals surface area (Å²) in [6, 6.07) is 13.8. The van der Waals surface area contributed by atoms with Gasteiger partial charge in [-0.15, -0.1) is 0 Å². The first-order valence-corrected chi connectivity index (χ1v) is 18.3. The topological polar surface area (TPSA) is 107 Å². The number of aldehydes is 1. The van der Waals surface area contributed by atoms with Crippen molar-refractivity contribution in [2.75, 3.05) is 52.9 Å². The zero-order valence-electron chi connectivity index (χ0n) is 27.1. The minimum atomic E-state index is -0.950. The van der Waals surface area contributed by atoms with Crippen LogP contribution in [0.3, 0.4) is 0 Å². The molecule has 3 aliphatic heterocycles. The molecule has 5 heterocycles. The van der Waals surface area contributed by atoms with Crippen molar-refractivity contribution in [1.29, 1.82) is 0 Å².